The molecule has 1 saturated carbocycles. The van der Waals surface area contributed by atoms with Gasteiger partial charge in [0.25, 0.3) is 0 Å². The van der Waals surface area contributed by atoms with Gasteiger partial charge >= 0.3 is 5.97 Å². The van der Waals surface area contributed by atoms with E-state index in [2.05, 4.69) is 4.98 Å². The van der Waals surface area contributed by atoms with Crippen molar-refractivity contribution in [3.63, 3.8) is 0 Å². The number of aromatic nitrogens is 2. The summed E-state index contributed by atoms with van der Waals surface area (Å²) in [4.78, 5) is 33.2. The van der Waals surface area contributed by atoms with Gasteiger partial charge in [-0.1, -0.05) is 41.9 Å². The summed E-state index contributed by atoms with van der Waals surface area (Å²) < 4.78 is 24.6. The maximum atomic E-state index is 13.3. The van der Waals surface area contributed by atoms with Crippen LogP contribution in [0, 0.1) is 5.92 Å². The third kappa shape index (κ3) is 6.54. The van der Waals surface area contributed by atoms with E-state index in [0.717, 1.165) is 40.8 Å². The molecule has 1 aliphatic carbocycles. The van der Waals surface area contributed by atoms with Crippen molar-refractivity contribution in [2.45, 2.75) is 57.0 Å². The van der Waals surface area contributed by atoms with Crippen LogP contribution in [-0.2, 0) is 24.3 Å². The SMILES string of the molecule is CCOC(=O)CC(c1ccc([SH](=O)(C=O)CC2CC2)cc1)c1nc2cc(-c3ccccc3OC(C)C)c(Cl)cc2[nH]1. The maximum absolute atomic E-state index is 13.3. The number of hydrogen-bond donors (Lipinski definition) is 2. The number of carbonyl (C=O) groups excluding carboxylic acids is 2. The summed E-state index contributed by atoms with van der Waals surface area (Å²) in [6, 6.07) is 18.6. The molecular formula is C32H35ClN2O5S. The van der Waals surface area contributed by atoms with Crippen molar-refractivity contribution in [2.24, 2.45) is 5.92 Å². The van der Waals surface area contributed by atoms with E-state index in [9.17, 15) is 13.8 Å². The number of imidazole rings is 1. The number of ether oxygens (including phenoxy) is 2. The van der Waals surface area contributed by atoms with Crippen molar-refractivity contribution in [2.75, 3.05) is 12.4 Å². The van der Waals surface area contributed by atoms with E-state index in [4.69, 9.17) is 26.1 Å². The van der Waals surface area contributed by atoms with Crippen LogP contribution in [0.3, 0.4) is 0 Å². The molecule has 9 heteroatoms. The molecule has 1 fully saturated rings. The summed E-state index contributed by atoms with van der Waals surface area (Å²) in [5.41, 5.74) is 4.51. The average molecular weight is 595 g/mol. The van der Waals surface area contributed by atoms with Gasteiger partial charge in [0.2, 0.25) is 0 Å². The van der Waals surface area contributed by atoms with Crippen LogP contribution in [0.1, 0.15) is 57.3 Å². The number of rotatable bonds is 12. The summed E-state index contributed by atoms with van der Waals surface area (Å²) in [7, 11) is -3.10. The second-order valence-corrected chi connectivity index (χ2v) is 13.9. The Morgan fingerprint density at radius 3 is 2.51 bits per heavy atom. The van der Waals surface area contributed by atoms with Gasteiger partial charge in [0.05, 0.1) is 41.1 Å². The molecule has 0 spiro atoms. The Balaban J connectivity index is 1.52. The first-order chi connectivity index (χ1) is 19.7. The number of halogens is 1. The minimum atomic E-state index is -3.10. The molecule has 0 aliphatic heterocycles. The van der Waals surface area contributed by atoms with Crippen molar-refractivity contribution < 1.29 is 23.3 Å². The standard InChI is InChI=1S/C32H35ClN2O5S/c1-4-39-31(37)16-25(22-11-13-23(14-12-22)41(38,19-36)18-21-9-10-21)32-34-28-15-26(27(33)17-29(28)35-32)24-7-5-6-8-30(24)40-20(2)3/h5-8,11-15,17,19-21,25,41H,4,9-10,16,18H2,1-3H3,(H,34,35). The van der Waals surface area contributed by atoms with Crippen LogP contribution in [0.4, 0.5) is 0 Å². The van der Waals surface area contributed by atoms with Crippen LogP contribution in [-0.4, -0.2) is 44.2 Å². The van der Waals surface area contributed by atoms with Gasteiger partial charge in [-0.05, 0) is 85.4 Å². The van der Waals surface area contributed by atoms with Crippen LogP contribution in [0.5, 0.6) is 5.75 Å². The van der Waals surface area contributed by atoms with Gasteiger partial charge in [0.15, 0.2) is 5.62 Å². The first kappa shape index (κ1) is 29.0. The van der Waals surface area contributed by atoms with E-state index < -0.39 is 15.9 Å². The lowest BCUT2D eigenvalue weighted by molar-refractivity contribution is -0.143. The molecular weight excluding hydrogens is 560 g/mol. The lowest BCUT2D eigenvalue weighted by Crippen LogP contribution is -2.20. The molecule has 1 atom stereocenters. The predicted octanol–water partition coefficient (Wildman–Crippen LogP) is 6.73. The van der Waals surface area contributed by atoms with Crippen molar-refractivity contribution >= 4 is 44.2 Å². The fourth-order valence-corrected chi connectivity index (χ4v) is 7.55. The highest BCUT2D eigenvalue weighted by Crippen LogP contribution is 2.39. The molecule has 41 heavy (non-hydrogen) atoms. The fraction of sp³-hybridized carbons (Fsp3) is 0.344. The Kier molecular flexibility index (Phi) is 8.61. The number of para-hydroxylation sites is 1. The zero-order valence-corrected chi connectivity index (χ0v) is 25.1. The minimum absolute atomic E-state index is 0.000175. The van der Waals surface area contributed by atoms with Gasteiger partial charge in [0, 0.05) is 21.8 Å². The molecule has 1 aliphatic rings. The molecule has 0 radical (unpaired) electrons. The Morgan fingerprint density at radius 2 is 1.85 bits per heavy atom. The quantitative estimate of drug-likeness (QED) is 0.107. The monoisotopic (exact) mass is 594 g/mol. The first-order valence-electron chi connectivity index (χ1n) is 14.0. The molecule has 5 rings (SSSR count). The number of thiol groups is 1. The second kappa shape index (κ2) is 12.2. The van der Waals surface area contributed by atoms with Crippen LogP contribution in [0.15, 0.2) is 65.6 Å². The lowest BCUT2D eigenvalue weighted by atomic mass is 9.95. The molecule has 0 bridgehead atoms. The van der Waals surface area contributed by atoms with E-state index in [1.807, 2.05) is 62.4 Å². The van der Waals surface area contributed by atoms with Crippen molar-refractivity contribution in [1.82, 2.24) is 9.97 Å². The van der Waals surface area contributed by atoms with Crippen molar-refractivity contribution in [3.8, 4) is 16.9 Å². The highest BCUT2D eigenvalue weighted by atomic mass is 35.5. The number of benzene rings is 3. The van der Waals surface area contributed by atoms with Crippen LogP contribution < -0.4 is 4.74 Å². The summed E-state index contributed by atoms with van der Waals surface area (Å²) in [6.07, 6.45) is 2.10. The Labute approximate surface area is 246 Å². The maximum Gasteiger partial charge on any atom is 0.306 e. The summed E-state index contributed by atoms with van der Waals surface area (Å²) in [6.45, 7) is 5.99. The smallest absolute Gasteiger partial charge is 0.306 e. The van der Waals surface area contributed by atoms with Crippen molar-refractivity contribution in [3.05, 3.63) is 77.1 Å². The molecule has 1 unspecified atom stereocenters. The summed E-state index contributed by atoms with van der Waals surface area (Å²) in [5, 5.41) is 0.541. The molecule has 7 nitrogen and oxygen atoms in total. The normalized spacial score (nSPS) is 14.7. The third-order valence-corrected chi connectivity index (χ3v) is 10.1. The van der Waals surface area contributed by atoms with E-state index in [-0.39, 0.29) is 25.1 Å². The number of aromatic amines is 1. The van der Waals surface area contributed by atoms with Gasteiger partial charge in [-0.25, -0.2) is 4.98 Å². The topological polar surface area (TPSA) is 98.4 Å². The number of H-pyrrole nitrogens is 1. The Morgan fingerprint density at radius 1 is 1.12 bits per heavy atom. The summed E-state index contributed by atoms with van der Waals surface area (Å²) >= 11 is 6.76. The van der Waals surface area contributed by atoms with Crippen LogP contribution in [0.25, 0.3) is 22.2 Å². The van der Waals surface area contributed by atoms with Gasteiger partial charge in [-0.15, -0.1) is 0 Å². The van der Waals surface area contributed by atoms with E-state index in [1.54, 1.807) is 19.1 Å². The molecule has 216 valence electrons. The lowest BCUT2D eigenvalue weighted by Gasteiger charge is -2.19. The Hall–Kier alpha value is -3.49. The van der Waals surface area contributed by atoms with E-state index >= 15 is 0 Å². The number of carbonyl (C=O) groups is 2. The van der Waals surface area contributed by atoms with Gasteiger partial charge < -0.3 is 14.5 Å². The third-order valence-electron chi connectivity index (χ3n) is 7.26. The number of hydrogen-bond acceptors (Lipinski definition) is 6. The minimum Gasteiger partial charge on any atom is -0.490 e. The van der Waals surface area contributed by atoms with Gasteiger partial charge in [-0.3, -0.25) is 13.8 Å². The van der Waals surface area contributed by atoms with Gasteiger partial charge in [-0.2, -0.15) is 0 Å². The molecule has 0 saturated heterocycles. The second-order valence-electron chi connectivity index (χ2n) is 10.8. The number of fused-ring (bicyclic) bond motifs is 1. The zero-order valence-electron chi connectivity index (χ0n) is 23.4. The predicted molar refractivity (Wildman–Crippen MR) is 164 cm³/mol. The largest absolute Gasteiger partial charge is 0.490 e. The molecule has 4 aromatic rings. The molecule has 1 N–H and O–H groups in total. The molecule has 1 heterocycles. The number of nitrogens with one attached hydrogen (secondary N) is 1. The highest BCUT2D eigenvalue weighted by Gasteiger charge is 2.30. The van der Waals surface area contributed by atoms with Crippen LogP contribution >= 0.6 is 11.6 Å². The first-order valence-corrected chi connectivity index (χ1v) is 16.3. The fourth-order valence-electron chi connectivity index (χ4n) is 5.08. The zero-order chi connectivity index (χ0) is 29.1. The highest BCUT2D eigenvalue weighted by molar-refractivity contribution is 8.14. The Bertz CT molecular complexity index is 1610. The van der Waals surface area contributed by atoms with Crippen molar-refractivity contribution in [1.29, 1.82) is 0 Å². The molecule has 0 amide bonds. The number of nitrogens with zero attached hydrogens (tertiary/aromatic N) is 1. The molecule has 1 aromatic heterocycles. The average Bonchev–Trinajstić information content (AvgIpc) is 3.67. The van der Waals surface area contributed by atoms with E-state index in [1.165, 1.54) is 0 Å². The van der Waals surface area contributed by atoms with Gasteiger partial charge in [0.1, 0.15) is 11.6 Å². The van der Waals surface area contributed by atoms with E-state index in [0.29, 0.717) is 38.5 Å². The number of esters is 1. The molecule has 3 aromatic carbocycles. The van der Waals surface area contributed by atoms with Crippen LogP contribution in [0.2, 0.25) is 5.02 Å². The summed E-state index contributed by atoms with van der Waals surface area (Å²) in [5.74, 6) is 1.28.